The van der Waals surface area contributed by atoms with Crippen LogP contribution in [0.15, 0.2) is 36.4 Å². The fourth-order valence-corrected chi connectivity index (χ4v) is 9.22. The third-order valence-electron chi connectivity index (χ3n) is 12.3. The minimum atomic E-state index is -1.07. The van der Waals surface area contributed by atoms with Crippen molar-refractivity contribution < 1.29 is 33.1 Å². The third-order valence-corrected chi connectivity index (χ3v) is 12.3. The largest absolute Gasteiger partial charge is 0.504 e. The molecule has 4 fully saturated rings. The number of piperidine rings is 1. The van der Waals surface area contributed by atoms with Gasteiger partial charge >= 0.3 is 6.03 Å². The summed E-state index contributed by atoms with van der Waals surface area (Å²) in [7, 11) is 0. The van der Waals surface area contributed by atoms with Gasteiger partial charge in [-0.05, 0) is 42.7 Å². The summed E-state index contributed by atoms with van der Waals surface area (Å²) in [5.74, 6) is -2.45. The molecule has 3 aromatic rings. The van der Waals surface area contributed by atoms with Gasteiger partial charge in [0.25, 0.3) is 5.91 Å². The molecule has 7 heterocycles. The summed E-state index contributed by atoms with van der Waals surface area (Å²) < 4.78 is 28.1. The Morgan fingerprint density at radius 2 is 1.79 bits per heavy atom. The van der Waals surface area contributed by atoms with Gasteiger partial charge in [-0.1, -0.05) is 13.0 Å². The molecule has 5 amide bonds. The summed E-state index contributed by atoms with van der Waals surface area (Å²) in [6.45, 7) is 9.49. The number of nitrogens with one attached hydrogen (secondary N) is 2. The van der Waals surface area contributed by atoms with Crippen molar-refractivity contribution in [2.24, 2.45) is 5.92 Å². The van der Waals surface area contributed by atoms with Gasteiger partial charge in [-0.15, -0.1) is 10.2 Å². The molecule has 6 aliphatic rings. The zero-order chi connectivity index (χ0) is 38.8. The van der Waals surface area contributed by atoms with Crippen molar-refractivity contribution in [2.45, 2.75) is 50.9 Å². The summed E-state index contributed by atoms with van der Waals surface area (Å²) in [5, 5.41) is 24.3. The van der Waals surface area contributed by atoms with E-state index in [1.54, 1.807) is 11.0 Å². The van der Waals surface area contributed by atoms with Crippen LogP contribution in [0, 0.1) is 17.6 Å². The molecular formula is C39H44F2N10O5. The van der Waals surface area contributed by atoms with E-state index >= 15 is 0 Å². The van der Waals surface area contributed by atoms with E-state index in [1.165, 1.54) is 0 Å². The minimum absolute atomic E-state index is 0.0350. The van der Waals surface area contributed by atoms with Gasteiger partial charge in [0.05, 0.1) is 17.4 Å². The number of fused-ring (bicyclic) bond motifs is 4. The van der Waals surface area contributed by atoms with Crippen LogP contribution < -0.4 is 20.4 Å². The van der Waals surface area contributed by atoms with Crippen LogP contribution in [-0.2, 0) is 16.1 Å². The van der Waals surface area contributed by atoms with E-state index in [-0.39, 0.29) is 47.6 Å². The highest BCUT2D eigenvalue weighted by Gasteiger charge is 2.42. The van der Waals surface area contributed by atoms with Gasteiger partial charge in [-0.25, -0.2) is 13.6 Å². The maximum atomic E-state index is 14.1. The fraction of sp³-hybridized carbons (Fsp3) is 0.487. The molecule has 2 aromatic carbocycles. The van der Waals surface area contributed by atoms with Gasteiger partial charge in [0.2, 0.25) is 11.8 Å². The number of benzene rings is 2. The lowest BCUT2D eigenvalue weighted by Gasteiger charge is -2.49. The van der Waals surface area contributed by atoms with Crippen molar-refractivity contribution in [3.63, 3.8) is 0 Å². The normalized spacial score (nSPS) is 24.0. The number of hydrogen-bond acceptors (Lipinski definition) is 11. The van der Waals surface area contributed by atoms with Gasteiger partial charge in [0.15, 0.2) is 17.4 Å². The number of phenols is 1. The second-order valence-electron chi connectivity index (χ2n) is 15.7. The highest BCUT2D eigenvalue weighted by Crippen LogP contribution is 2.38. The molecule has 2 unspecified atom stereocenters. The lowest BCUT2D eigenvalue weighted by Crippen LogP contribution is -2.64. The number of imide groups is 1. The predicted molar refractivity (Wildman–Crippen MR) is 201 cm³/mol. The maximum absolute atomic E-state index is 14.1. The van der Waals surface area contributed by atoms with Crippen LogP contribution in [0.1, 0.15) is 42.1 Å². The van der Waals surface area contributed by atoms with Gasteiger partial charge in [-0.2, -0.15) is 0 Å². The van der Waals surface area contributed by atoms with E-state index in [2.05, 4.69) is 42.5 Å². The molecule has 0 bridgehead atoms. The average Bonchev–Trinajstić information content (AvgIpc) is 3.51. The number of carbonyl (C=O) groups excluding carboxylic acids is 4. The second-order valence-corrected chi connectivity index (χ2v) is 15.7. The average molecular weight is 771 g/mol. The van der Waals surface area contributed by atoms with Crippen molar-refractivity contribution in [2.75, 3.05) is 80.6 Å². The molecule has 15 nitrogen and oxygen atoms in total. The van der Waals surface area contributed by atoms with Crippen LogP contribution >= 0.6 is 0 Å². The fourth-order valence-electron chi connectivity index (χ4n) is 9.22. The molecule has 0 aliphatic carbocycles. The van der Waals surface area contributed by atoms with Crippen LogP contribution in [-0.4, -0.2) is 142 Å². The van der Waals surface area contributed by atoms with Crippen LogP contribution in [0.4, 0.5) is 30.8 Å². The Hall–Kier alpha value is -5.58. The van der Waals surface area contributed by atoms with Crippen LogP contribution in [0.2, 0.25) is 0 Å². The smallest absolute Gasteiger partial charge is 0.320 e. The maximum Gasteiger partial charge on any atom is 0.320 e. The Balaban J connectivity index is 0.778. The lowest BCUT2D eigenvalue weighted by atomic mass is 9.96. The summed E-state index contributed by atoms with van der Waals surface area (Å²) >= 11 is 0. The van der Waals surface area contributed by atoms with E-state index in [1.807, 2.05) is 28.0 Å². The third kappa shape index (κ3) is 6.40. The highest BCUT2D eigenvalue weighted by atomic mass is 19.1. The second kappa shape index (κ2) is 14.2. The van der Waals surface area contributed by atoms with E-state index in [0.717, 1.165) is 56.5 Å². The number of carbonyl (C=O) groups is 4. The number of aromatic nitrogens is 2. The number of urea groups is 1. The molecule has 1 aromatic heterocycles. The van der Waals surface area contributed by atoms with Gasteiger partial charge < -0.3 is 34.9 Å². The molecule has 56 heavy (non-hydrogen) atoms. The number of phenolic OH excluding ortho intramolecular Hbond substituents is 1. The predicted octanol–water partition coefficient (Wildman–Crippen LogP) is 2.46. The van der Waals surface area contributed by atoms with Crippen molar-refractivity contribution >= 4 is 40.9 Å². The first-order chi connectivity index (χ1) is 27.0. The van der Waals surface area contributed by atoms with Crippen LogP contribution in [0.5, 0.6) is 5.75 Å². The van der Waals surface area contributed by atoms with E-state index in [9.17, 15) is 33.1 Å². The number of anilines is 3. The first-order valence-electron chi connectivity index (χ1n) is 19.4. The minimum Gasteiger partial charge on any atom is -0.504 e. The Kier molecular flexibility index (Phi) is 9.13. The van der Waals surface area contributed by atoms with Gasteiger partial charge in [0, 0.05) is 113 Å². The molecule has 3 atom stereocenters. The zero-order valence-electron chi connectivity index (χ0n) is 31.1. The number of halogens is 2. The molecule has 4 saturated heterocycles. The molecule has 0 saturated carbocycles. The Morgan fingerprint density at radius 3 is 2.59 bits per heavy atom. The first-order valence-corrected chi connectivity index (χ1v) is 19.4. The van der Waals surface area contributed by atoms with Gasteiger partial charge in [0.1, 0.15) is 11.9 Å². The molecule has 3 N–H and O–H groups in total. The topological polar surface area (TPSA) is 158 Å². The van der Waals surface area contributed by atoms with Crippen molar-refractivity contribution in [1.82, 2.24) is 35.1 Å². The quantitative estimate of drug-likeness (QED) is 0.317. The molecule has 0 radical (unpaired) electrons. The summed E-state index contributed by atoms with van der Waals surface area (Å²) in [6, 6.07) is 8.72. The number of amides is 5. The highest BCUT2D eigenvalue weighted by molar-refractivity contribution is 6.05. The number of rotatable bonds is 6. The molecule has 0 spiro atoms. The summed E-state index contributed by atoms with van der Waals surface area (Å²) in [4.78, 5) is 63.8. The SMILES string of the molecule is CCC1CN(CC2CN(c3ccc4c(c3)C(=O)N(C3CCC(=O)NC3=O)C4)C2)CCN1C(=O)N1CCN2c3cc(-c4cc(F)cc(F)c4O)nnc3NC[C@H]2C1. The molecule has 6 aliphatic heterocycles. The van der Waals surface area contributed by atoms with Crippen molar-refractivity contribution in [1.29, 1.82) is 0 Å². The summed E-state index contributed by atoms with van der Waals surface area (Å²) in [6.07, 6.45) is 1.41. The van der Waals surface area contributed by atoms with E-state index in [4.69, 9.17) is 0 Å². The van der Waals surface area contributed by atoms with E-state index < -0.39 is 29.3 Å². The van der Waals surface area contributed by atoms with Gasteiger partial charge in [-0.3, -0.25) is 24.6 Å². The zero-order valence-corrected chi connectivity index (χ0v) is 31.1. The Morgan fingerprint density at radius 1 is 0.946 bits per heavy atom. The summed E-state index contributed by atoms with van der Waals surface area (Å²) in [5.41, 5.74) is 3.29. The molecular weight excluding hydrogens is 726 g/mol. The van der Waals surface area contributed by atoms with Crippen LogP contribution in [0.25, 0.3) is 11.3 Å². The molecule has 17 heteroatoms. The van der Waals surface area contributed by atoms with Crippen molar-refractivity contribution in [3.8, 4) is 17.0 Å². The Bertz CT molecular complexity index is 2120. The standard InChI is InChI=1S/C39H44F2N10O5/c1-2-25-20-46(16-22-17-48(18-22)26-4-3-23-19-51(38(55)28(23)13-26)32-5-6-34(52)43-37(32)54)7-9-50(25)39(56)47-8-10-49-27(21-47)15-42-36-33(49)14-31(44-45-36)29-11-24(40)12-30(41)35(29)53/h3-4,11-14,22,25,27,32,53H,2,5-10,15-21H2,1H3,(H,42,45)(H,43,52,54)/t25?,27-,32?/m0/s1. The number of hydrogen-bond donors (Lipinski definition) is 3. The molecule has 294 valence electrons. The number of aromatic hydroxyl groups is 1. The van der Waals surface area contributed by atoms with Crippen molar-refractivity contribution in [3.05, 3.63) is 59.2 Å². The van der Waals surface area contributed by atoms with E-state index in [0.29, 0.717) is 74.7 Å². The monoisotopic (exact) mass is 770 g/mol. The molecule has 9 rings (SSSR count). The number of nitrogens with zero attached hydrogens (tertiary/aromatic N) is 8. The Labute approximate surface area is 322 Å². The first kappa shape index (κ1) is 36.1. The van der Waals surface area contributed by atoms with Crippen LogP contribution in [0.3, 0.4) is 0 Å². The lowest BCUT2D eigenvalue weighted by molar-refractivity contribution is -0.136. The number of piperazine rings is 2.